The highest BCUT2D eigenvalue weighted by atomic mass is 19.4. The third-order valence-corrected chi connectivity index (χ3v) is 2.30. The topological polar surface area (TPSA) is 26.3 Å². The van der Waals surface area contributed by atoms with Crippen molar-refractivity contribution in [2.75, 3.05) is 6.61 Å². The van der Waals surface area contributed by atoms with Crippen LogP contribution in [0, 0.1) is 5.82 Å². The highest BCUT2D eigenvalue weighted by molar-refractivity contribution is 6.18. The van der Waals surface area contributed by atoms with Crippen LogP contribution in [0.25, 0.3) is 5.57 Å². The number of cyclic esters (lactones) is 1. The molecular formula is C11H6F4O2. The van der Waals surface area contributed by atoms with Gasteiger partial charge in [0.25, 0.3) is 0 Å². The zero-order valence-corrected chi connectivity index (χ0v) is 8.34. The highest BCUT2D eigenvalue weighted by Gasteiger charge is 2.35. The van der Waals surface area contributed by atoms with Crippen LogP contribution in [0.15, 0.2) is 24.3 Å². The van der Waals surface area contributed by atoms with Gasteiger partial charge in [0.05, 0.1) is 11.1 Å². The van der Waals surface area contributed by atoms with E-state index < -0.39 is 23.5 Å². The highest BCUT2D eigenvalue weighted by Crippen LogP contribution is 2.33. The van der Waals surface area contributed by atoms with Crippen molar-refractivity contribution < 1.29 is 27.1 Å². The molecule has 1 aromatic rings. The summed E-state index contributed by atoms with van der Waals surface area (Å²) in [7, 11) is 0. The molecule has 0 aliphatic carbocycles. The standard InChI is InChI=1S/C11H6F4O2/c12-9-2-1-6(5-8(9)11(13,14)15)7-3-4-17-10(7)16/h1-3,5H,4H2. The lowest BCUT2D eigenvalue weighted by Gasteiger charge is -2.09. The van der Waals surface area contributed by atoms with Gasteiger partial charge in [-0.1, -0.05) is 6.07 Å². The van der Waals surface area contributed by atoms with E-state index in [1.807, 2.05) is 0 Å². The SMILES string of the molecule is O=C1OCC=C1c1ccc(F)c(C(F)(F)F)c1. The molecule has 90 valence electrons. The minimum Gasteiger partial charge on any atom is -0.458 e. The molecule has 1 aliphatic heterocycles. The van der Waals surface area contributed by atoms with Gasteiger partial charge in [0.2, 0.25) is 0 Å². The van der Waals surface area contributed by atoms with Gasteiger partial charge in [-0.3, -0.25) is 0 Å². The minimum atomic E-state index is -4.79. The number of benzene rings is 1. The second kappa shape index (κ2) is 3.87. The predicted octanol–water partition coefficient (Wildman–Crippen LogP) is 2.78. The van der Waals surface area contributed by atoms with Gasteiger partial charge in [-0.05, 0) is 23.8 Å². The largest absolute Gasteiger partial charge is 0.458 e. The quantitative estimate of drug-likeness (QED) is 0.562. The lowest BCUT2D eigenvalue weighted by molar-refractivity contribution is -0.140. The van der Waals surface area contributed by atoms with E-state index in [4.69, 9.17) is 0 Å². The molecule has 0 N–H and O–H groups in total. The Balaban J connectivity index is 2.48. The molecule has 1 aromatic carbocycles. The molecule has 0 saturated heterocycles. The maximum atomic E-state index is 13.0. The van der Waals surface area contributed by atoms with E-state index >= 15 is 0 Å². The van der Waals surface area contributed by atoms with Gasteiger partial charge < -0.3 is 4.74 Å². The molecular weight excluding hydrogens is 240 g/mol. The summed E-state index contributed by atoms with van der Waals surface area (Å²) in [6.07, 6.45) is -3.43. The first-order valence-corrected chi connectivity index (χ1v) is 4.64. The van der Waals surface area contributed by atoms with Crippen molar-refractivity contribution in [3.63, 3.8) is 0 Å². The molecule has 0 amide bonds. The van der Waals surface area contributed by atoms with Crippen LogP contribution >= 0.6 is 0 Å². The fourth-order valence-electron chi connectivity index (χ4n) is 1.51. The molecule has 0 aromatic heterocycles. The van der Waals surface area contributed by atoms with Gasteiger partial charge in [-0.15, -0.1) is 0 Å². The van der Waals surface area contributed by atoms with Crippen LogP contribution in [0.1, 0.15) is 11.1 Å². The monoisotopic (exact) mass is 246 g/mol. The molecule has 1 aliphatic rings. The molecule has 0 bridgehead atoms. The maximum Gasteiger partial charge on any atom is 0.419 e. The van der Waals surface area contributed by atoms with Gasteiger partial charge >= 0.3 is 12.1 Å². The summed E-state index contributed by atoms with van der Waals surface area (Å²) in [5.74, 6) is -2.07. The fourth-order valence-corrected chi connectivity index (χ4v) is 1.51. The second-order valence-electron chi connectivity index (χ2n) is 3.41. The molecule has 0 atom stereocenters. The molecule has 0 saturated carbocycles. The number of alkyl halides is 3. The zero-order chi connectivity index (χ0) is 12.6. The van der Waals surface area contributed by atoms with Crippen LogP contribution in [0.4, 0.5) is 17.6 Å². The van der Waals surface area contributed by atoms with Crippen molar-refractivity contribution in [2.45, 2.75) is 6.18 Å². The van der Waals surface area contributed by atoms with Gasteiger partial charge in [0.15, 0.2) is 0 Å². The summed E-state index contributed by atoms with van der Waals surface area (Å²) in [5, 5.41) is 0. The average molecular weight is 246 g/mol. The van der Waals surface area contributed by atoms with Crippen LogP contribution in [0.3, 0.4) is 0 Å². The average Bonchev–Trinajstić information content (AvgIpc) is 2.63. The molecule has 17 heavy (non-hydrogen) atoms. The predicted molar refractivity (Wildman–Crippen MR) is 50.3 cm³/mol. The number of carbonyl (C=O) groups is 1. The number of hydrogen-bond acceptors (Lipinski definition) is 2. The molecule has 0 unspecified atom stereocenters. The van der Waals surface area contributed by atoms with Gasteiger partial charge in [0.1, 0.15) is 12.4 Å². The van der Waals surface area contributed by atoms with Crippen molar-refractivity contribution in [1.82, 2.24) is 0 Å². The molecule has 0 spiro atoms. The first-order chi connectivity index (χ1) is 7.89. The lowest BCUT2D eigenvalue weighted by atomic mass is 10.0. The summed E-state index contributed by atoms with van der Waals surface area (Å²) < 4.78 is 54.9. The smallest absolute Gasteiger partial charge is 0.419 e. The Labute approximate surface area is 93.5 Å². The van der Waals surface area contributed by atoms with Gasteiger partial charge in [-0.2, -0.15) is 13.2 Å². The van der Waals surface area contributed by atoms with Gasteiger partial charge in [-0.25, -0.2) is 9.18 Å². The second-order valence-corrected chi connectivity index (χ2v) is 3.41. The Bertz CT molecular complexity index is 503. The molecule has 2 nitrogen and oxygen atoms in total. The van der Waals surface area contributed by atoms with Crippen LogP contribution in [0.2, 0.25) is 0 Å². The number of halogens is 4. The van der Waals surface area contributed by atoms with E-state index in [1.54, 1.807) is 0 Å². The first kappa shape index (κ1) is 11.6. The fraction of sp³-hybridized carbons (Fsp3) is 0.182. The lowest BCUT2D eigenvalue weighted by Crippen LogP contribution is -2.09. The van der Waals surface area contributed by atoms with Crippen molar-refractivity contribution in [3.8, 4) is 0 Å². The Kier molecular flexibility index (Phi) is 2.65. The van der Waals surface area contributed by atoms with Crippen molar-refractivity contribution in [1.29, 1.82) is 0 Å². The van der Waals surface area contributed by atoms with Crippen LogP contribution in [0.5, 0.6) is 0 Å². The van der Waals surface area contributed by atoms with E-state index in [-0.39, 0.29) is 17.7 Å². The van der Waals surface area contributed by atoms with E-state index in [9.17, 15) is 22.4 Å². The Morgan fingerprint density at radius 1 is 1.24 bits per heavy atom. The van der Waals surface area contributed by atoms with E-state index in [2.05, 4.69) is 4.74 Å². The summed E-state index contributed by atoms with van der Waals surface area (Å²) in [6.45, 7) is 0.0207. The Morgan fingerprint density at radius 2 is 1.94 bits per heavy atom. The molecule has 0 fully saturated rings. The van der Waals surface area contributed by atoms with Crippen molar-refractivity contribution in [3.05, 3.63) is 41.2 Å². The van der Waals surface area contributed by atoms with Gasteiger partial charge in [0, 0.05) is 0 Å². The maximum absolute atomic E-state index is 13.0. The van der Waals surface area contributed by atoms with E-state index in [1.165, 1.54) is 6.08 Å². The minimum absolute atomic E-state index is 0.00113. The first-order valence-electron chi connectivity index (χ1n) is 4.64. The summed E-state index contributed by atoms with van der Waals surface area (Å²) >= 11 is 0. The summed E-state index contributed by atoms with van der Waals surface area (Å²) in [5.41, 5.74) is -1.37. The number of ether oxygens (including phenoxy) is 1. The van der Waals surface area contributed by atoms with Crippen LogP contribution < -0.4 is 0 Å². The third-order valence-electron chi connectivity index (χ3n) is 2.30. The summed E-state index contributed by atoms with van der Waals surface area (Å²) in [4.78, 5) is 11.2. The Morgan fingerprint density at radius 3 is 2.47 bits per heavy atom. The molecule has 1 heterocycles. The molecule has 6 heteroatoms. The molecule has 2 rings (SSSR count). The van der Waals surface area contributed by atoms with Crippen LogP contribution in [-0.2, 0) is 15.7 Å². The van der Waals surface area contributed by atoms with Crippen LogP contribution in [-0.4, -0.2) is 12.6 Å². The summed E-state index contributed by atoms with van der Waals surface area (Å²) in [6, 6.07) is 2.40. The number of carbonyl (C=O) groups excluding carboxylic acids is 1. The number of rotatable bonds is 1. The third kappa shape index (κ3) is 2.15. The molecule has 0 radical (unpaired) electrons. The normalized spacial score (nSPS) is 15.8. The number of hydrogen-bond donors (Lipinski definition) is 0. The van der Waals surface area contributed by atoms with Crippen molar-refractivity contribution in [2.24, 2.45) is 0 Å². The Hall–Kier alpha value is -1.85. The van der Waals surface area contributed by atoms with E-state index in [0.717, 1.165) is 6.07 Å². The number of esters is 1. The zero-order valence-electron chi connectivity index (χ0n) is 8.34. The van der Waals surface area contributed by atoms with E-state index in [0.29, 0.717) is 12.1 Å². The van der Waals surface area contributed by atoms with Crippen molar-refractivity contribution >= 4 is 11.5 Å².